The number of amides is 1. The highest BCUT2D eigenvalue weighted by molar-refractivity contribution is 7.13. The summed E-state index contributed by atoms with van der Waals surface area (Å²) in [5.74, 6) is -0.0309. The summed E-state index contributed by atoms with van der Waals surface area (Å²) in [6.07, 6.45) is 0.828. The molecule has 0 bridgehead atoms. The predicted molar refractivity (Wildman–Crippen MR) is 68.7 cm³/mol. The quantitative estimate of drug-likeness (QED) is 0.363. The normalized spacial score (nSPS) is 11.5. The van der Waals surface area contributed by atoms with Gasteiger partial charge in [0.15, 0.2) is 5.84 Å². The van der Waals surface area contributed by atoms with Crippen molar-refractivity contribution in [3.05, 3.63) is 21.9 Å². The van der Waals surface area contributed by atoms with Crippen LogP contribution in [0.4, 0.5) is 0 Å². The predicted octanol–water partition coefficient (Wildman–Crippen LogP) is 1.66. The number of carbonyl (C=O) groups is 1. The third kappa shape index (κ3) is 3.74. The molecule has 94 valence electrons. The maximum atomic E-state index is 12.1. The maximum absolute atomic E-state index is 12.1. The summed E-state index contributed by atoms with van der Waals surface area (Å²) in [4.78, 5) is 15.5. The Morgan fingerprint density at radius 3 is 2.76 bits per heavy atom. The molecule has 1 amide bonds. The van der Waals surface area contributed by atoms with Crippen LogP contribution in [0.5, 0.6) is 0 Å². The highest BCUT2D eigenvalue weighted by atomic mass is 32.1. The third-order valence-corrected chi connectivity index (χ3v) is 3.20. The molecule has 0 spiro atoms. The van der Waals surface area contributed by atoms with E-state index in [1.165, 1.54) is 11.3 Å². The van der Waals surface area contributed by atoms with Crippen molar-refractivity contribution < 1.29 is 10.0 Å². The summed E-state index contributed by atoms with van der Waals surface area (Å²) < 4.78 is 0. The third-order valence-electron chi connectivity index (χ3n) is 2.21. The Balaban J connectivity index is 2.80. The molecule has 0 aliphatic carbocycles. The molecular formula is C11H17N3O2S. The summed E-state index contributed by atoms with van der Waals surface area (Å²) in [6.45, 7) is 4.67. The van der Waals surface area contributed by atoms with Crippen LogP contribution in [0, 0.1) is 6.92 Å². The van der Waals surface area contributed by atoms with Gasteiger partial charge >= 0.3 is 0 Å². The molecule has 0 aliphatic rings. The monoisotopic (exact) mass is 255 g/mol. The van der Waals surface area contributed by atoms with Gasteiger partial charge in [-0.3, -0.25) is 4.79 Å². The van der Waals surface area contributed by atoms with E-state index in [4.69, 9.17) is 10.9 Å². The van der Waals surface area contributed by atoms with Crippen molar-refractivity contribution in [2.45, 2.75) is 20.3 Å². The molecule has 1 aromatic heterocycles. The number of hydrogen-bond donors (Lipinski definition) is 2. The molecule has 1 rings (SSSR count). The van der Waals surface area contributed by atoms with Crippen LogP contribution in [0.2, 0.25) is 0 Å². The smallest absolute Gasteiger partial charge is 0.264 e. The second kappa shape index (κ2) is 6.24. The van der Waals surface area contributed by atoms with Crippen molar-refractivity contribution in [3.63, 3.8) is 0 Å². The summed E-state index contributed by atoms with van der Waals surface area (Å²) in [7, 11) is 0. The number of oxime groups is 1. The summed E-state index contributed by atoms with van der Waals surface area (Å²) in [5.41, 5.74) is 5.43. The number of thiophene rings is 1. The van der Waals surface area contributed by atoms with E-state index in [1.807, 2.05) is 19.9 Å². The molecule has 5 nitrogen and oxygen atoms in total. The second-order valence-electron chi connectivity index (χ2n) is 3.73. The van der Waals surface area contributed by atoms with Gasteiger partial charge in [0.25, 0.3) is 5.91 Å². The molecule has 0 radical (unpaired) electrons. The summed E-state index contributed by atoms with van der Waals surface area (Å²) in [5, 5.41) is 11.4. The van der Waals surface area contributed by atoms with E-state index in [2.05, 4.69) is 5.16 Å². The molecule has 0 atom stereocenters. The van der Waals surface area contributed by atoms with E-state index >= 15 is 0 Å². The summed E-state index contributed by atoms with van der Waals surface area (Å²) >= 11 is 1.45. The van der Waals surface area contributed by atoms with E-state index in [9.17, 15) is 4.79 Å². The Morgan fingerprint density at radius 1 is 1.59 bits per heavy atom. The van der Waals surface area contributed by atoms with Gasteiger partial charge in [0.1, 0.15) is 0 Å². The molecular weight excluding hydrogens is 238 g/mol. The van der Waals surface area contributed by atoms with Crippen LogP contribution in [0.15, 0.2) is 17.3 Å². The second-order valence-corrected chi connectivity index (χ2v) is 5.02. The minimum atomic E-state index is -0.0726. The van der Waals surface area contributed by atoms with Gasteiger partial charge in [-0.05, 0) is 25.5 Å². The van der Waals surface area contributed by atoms with Crippen LogP contribution in [0.25, 0.3) is 0 Å². The summed E-state index contributed by atoms with van der Waals surface area (Å²) in [6, 6.07) is 3.71. The zero-order chi connectivity index (χ0) is 12.8. The molecule has 0 fully saturated rings. The molecule has 0 saturated carbocycles. The van der Waals surface area contributed by atoms with Crippen molar-refractivity contribution in [2.24, 2.45) is 10.9 Å². The molecule has 3 N–H and O–H groups in total. The Kier molecular flexibility index (Phi) is 4.96. The Morgan fingerprint density at radius 2 is 2.29 bits per heavy atom. The van der Waals surface area contributed by atoms with E-state index in [0.29, 0.717) is 11.4 Å². The van der Waals surface area contributed by atoms with Crippen molar-refractivity contribution in [2.75, 3.05) is 13.1 Å². The van der Waals surface area contributed by atoms with Crippen LogP contribution < -0.4 is 5.73 Å². The van der Waals surface area contributed by atoms with Gasteiger partial charge in [0, 0.05) is 11.4 Å². The fourth-order valence-corrected chi connectivity index (χ4v) is 2.29. The molecule has 1 heterocycles. The van der Waals surface area contributed by atoms with Gasteiger partial charge in [-0.2, -0.15) is 0 Å². The van der Waals surface area contributed by atoms with Crippen molar-refractivity contribution in [1.82, 2.24) is 4.90 Å². The fraction of sp³-hybridized carbons (Fsp3) is 0.455. The maximum Gasteiger partial charge on any atom is 0.264 e. The van der Waals surface area contributed by atoms with Crippen LogP contribution in [-0.4, -0.2) is 34.9 Å². The zero-order valence-corrected chi connectivity index (χ0v) is 10.8. The first-order chi connectivity index (χ1) is 8.08. The number of rotatable bonds is 5. The number of aryl methyl sites for hydroxylation is 1. The van der Waals surface area contributed by atoms with Crippen molar-refractivity contribution in [1.29, 1.82) is 0 Å². The largest absolute Gasteiger partial charge is 0.409 e. The minimum Gasteiger partial charge on any atom is -0.409 e. The topological polar surface area (TPSA) is 78.9 Å². The van der Waals surface area contributed by atoms with Gasteiger partial charge < -0.3 is 15.8 Å². The number of hydrogen-bond acceptors (Lipinski definition) is 4. The lowest BCUT2D eigenvalue weighted by atomic mass is 10.3. The average molecular weight is 255 g/mol. The van der Waals surface area contributed by atoms with Crippen LogP contribution in [0.3, 0.4) is 0 Å². The number of amidine groups is 1. The Bertz CT molecular complexity index is 415. The van der Waals surface area contributed by atoms with E-state index < -0.39 is 0 Å². The van der Waals surface area contributed by atoms with Crippen LogP contribution in [-0.2, 0) is 0 Å². The fourth-order valence-electron chi connectivity index (χ4n) is 1.45. The minimum absolute atomic E-state index is 0.0417. The molecule has 1 aromatic rings. The number of nitrogens with two attached hydrogens (primary N) is 1. The zero-order valence-electron chi connectivity index (χ0n) is 10.0. The molecule has 0 aliphatic heterocycles. The highest BCUT2D eigenvalue weighted by Crippen LogP contribution is 2.17. The average Bonchev–Trinajstić information content (AvgIpc) is 2.74. The standard InChI is InChI=1S/C11H17N3O2S/c1-3-6-14(7-10(12)13-16)11(15)9-5-4-8(2)17-9/h4-5,16H,3,6-7H2,1-2H3,(H2,12,13). The lowest BCUT2D eigenvalue weighted by molar-refractivity contribution is 0.0783. The molecule has 0 unspecified atom stereocenters. The SMILES string of the molecule is CCCN(CC(N)=NO)C(=O)c1ccc(C)s1. The van der Waals surface area contributed by atoms with Gasteiger partial charge in [0.2, 0.25) is 0 Å². The van der Waals surface area contributed by atoms with Gasteiger partial charge in [0.05, 0.1) is 11.4 Å². The number of carbonyl (C=O) groups excluding carboxylic acids is 1. The molecule has 17 heavy (non-hydrogen) atoms. The molecule has 6 heteroatoms. The van der Waals surface area contributed by atoms with Crippen LogP contribution in [0.1, 0.15) is 27.9 Å². The molecule has 0 aromatic carbocycles. The Hall–Kier alpha value is -1.56. The Labute approximate surface area is 105 Å². The highest BCUT2D eigenvalue weighted by Gasteiger charge is 2.17. The first-order valence-electron chi connectivity index (χ1n) is 5.40. The van der Waals surface area contributed by atoms with Gasteiger partial charge in [-0.25, -0.2) is 0 Å². The molecule has 0 saturated heterocycles. The van der Waals surface area contributed by atoms with E-state index in [1.54, 1.807) is 11.0 Å². The van der Waals surface area contributed by atoms with Crippen molar-refractivity contribution in [3.8, 4) is 0 Å². The lowest BCUT2D eigenvalue weighted by Crippen LogP contribution is -2.38. The first-order valence-corrected chi connectivity index (χ1v) is 6.22. The lowest BCUT2D eigenvalue weighted by Gasteiger charge is -2.20. The van der Waals surface area contributed by atoms with E-state index in [0.717, 1.165) is 11.3 Å². The van der Waals surface area contributed by atoms with Crippen LogP contribution >= 0.6 is 11.3 Å². The first kappa shape index (κ1) is 13.5. The van der Waals surface area contributed by atoms with Gasteiger partial charge in [-0.15, -0.1) is 11.3 Å². The number of nitrogens with zero attached hydrogens (tertiary/aromatic N) is 2. The van der Waals surface area contributed by atoms with Gasteiger partial charge in [-0.1, -0.05) is 12.1 Å². The van der Waals surface area contributed by atoms with Crippen molar-refractivity contribution >= 4 is 23.1 Å². The van der Waals surface area contributed by atoms with E-state index in [-0.39, 0.29) is 18.3 Å².